The highest BCUT2D eigenvalue weighted by molar-refractivity contribution is 6.38. The minimum Gasteiger partial charge on any atom is -0.462 e. The number of hydrogen-bond donors (Lipinski definition) is 1. The van der Waals surface area contributed by atoms with Crippen LogP contribution in [0.4, 0.5) is 4.79 Å². The topological polar surface area (TPSA) is 113 Å². The van der Waals surface area contributed by atoms with E-state index in [0.29, 0.717) is 12.8 Å². The molecule has 1 fully saturated rings. The van der Waals surface area contributed by atoms with Crippen LogP contribution in [-0.2, 0) is 23.9 Å². The summed E-state index contributed by atoms with van der Waals surface area (Å²) < 4.78 is 4.56. The summed E-state index contributed by atoms with van der Waals surface area (Å²) in [5.41, 5.74) is 0. The molecule has 0 spiro atoms. The number of nitrogens with one attached hydrogen (secondary N) is 1. The van der Waals surface area contributed by atoms with Crippen molar-refractivity contribution in [3.8, 4) is 0 Å². The van der Waals surface area contributed by atoms with E-state index in [0.717, 1.165) is 4.90 Å². The van der Waals surface area contributed by atoms with Crippen LogP contribution in [0, 0.1) is 0 Å². The van der Waals surface area contributed by atoms with Crippen LogP contribution >= 0.6 is 0 Å². The van der Waals surface area contributed by atoms with E-state index in [1.807, 2.05) is 0 Å². The van der Waals surface area contributed by atoms with Gasteiger partial charge in [0.1, 0.15) is 18.4 Å². The average Bonchev–Trinajstić information content (AvgIpc) is 2.47. The van der Waals surface area contributed by atoms with Crippen LogP contribution in [0.1, 0.15) is 13.8 Å². The lowest BCUT2D eigenvalue weighted by atomic mass is 10.2. The molecule has 0 saturated carbocycles. The van der Waals surface area contributed by atoms with E-state index >= 15 is 0 Å². The van der Waals surface area contributed by atoms with Crippen LogP contribution < -0.4 is 5.32 Å². The van der Waals surface area contributed by atoms with E-state index in [-0.39, 0.29) is 19.6 Å². The lowest BCUT2D eigenvalue weighted by Gasteiger charge is -2.32. The van der Waals surface area contributed by atoms with Gasteiger partial charge in [0.15, 0.2) is 0 Å². The first-order valence-corrected chi connectivity index (χ1v) is 6.41. The molecule has 1 N–H and O–H groups in total. The number of carbonyl (C=O) groups is 5. The van der Waals surface area contributed by atoms with E-state index in [2.05, 4.69) is 10.1 Å². The first-order valence-electron chi connectivity index (χ1n) is 6.41. The van der Waals surface area contributed by atoms with Crippen molar-refractivity contribution >= 4 is 30.6 Å². The van der Waals surface area contributed by atoms with Crippen LogP contribution in [-0.4, -0.2) is 72.2 Å². The Labute approximate surface area is 121 Å². The number of piperazine rings is 1. The molecule has 0 bridgehead atoms. The maximum atomic E-state index is 11.9. The fourth-order valence-electron chi connectivity index (χ4n) is 1.82. The summed E-state index contributed by atoms with van der Waals surface area (Å²) in [5, 5.41) is 2.25. The van der Waals surface area contributed by atoms with Crippen molar-refractivity contribution in [3.63, 3.8) is 0 Å². The summed E-state index contributed by atoms with van der Waals surface area (Å²) in [4.78, 5) is 58.6. The second kappa shape index (κ2) is 7.36. The summed E-state index contributed by atoms with van der Waals surface area (Å²) in [6, 6.07) is -1.97. The van der Waals surface area contributed by atoms with E-state index in [1.165, 1.54) is 11.8 Å². The summed E-state index contributed by atoms with van der Waals surface area (Å²) in [6.07, 6.45) is -0.493. The van der Waals surface area contributed by atoms with Gasteiger partial charge in [-0.2, -0.15) is 0 Å². The second-order valence-corrected chi connectivity index (χ2v) is 4.39. The molecule has 1 unspecified atom stereocenters. The molecule has 2 atom stereocenters. The number of amides is 4. The Morgan fingerprint density at radius 3 is 2.52 bits per heavy atom. The van der Waals surface area contributed by atoms with Gasteiger partial charge in [-0.3, -0.25) is 19.3 Å². The number of likely N-dealkylation sites (N-methyl/N-ethyl adjacent to an activating group) is 1. The standard InChI is InChI=1S/C12H17N3O6/c1-3-14-4-5-15(11(19)10(14)18)12(20)13-9(6-16)8(2)21-7-17/h6-9H,3-5H2,1-2H3,(H,13,20)/t8-,9?/m0/s1. The number of urea groups is 1. The van der Waals surface area contributed by atoms with Gasteiger partial charge in [0, 0.05) is 19.6 Å². The molecule has 9 nitrogen and oxygen atoms in total. The molecule has 1 heterocycles. The largest absolute Gasteiger partial charge is 0.462 e. The molecule has 1 saturated heterocycles. The Morgan fingerprint density at radius 1 is 1.33 bits per heavy atom. The van der Waals surface area contributed by atoms with E-state index in [9.17, 15) is 24.0 Å². The maximum Gasteiger partial charge on any atom is 0.325 e. The Balaban J connectivity index is 2.71. The number of carbonyl (C=O) groups excluding carboxylic acids is 5. The molecule has 4 amide bonds. The molecule has 1 aliphatic heterocycles. The minimum atomic E-state index is -1.10. The highest BCUT2D eigenvalue weighted by atomic mass is 16.5. The molecule has 0 aromatic heterocycles. The third-order valence-corrected chi connectivity index (χ3v) is 3.15. The van der Waals surface area contributed by atoms with Gasteiger partial charge in [0.05, 0.1) is 0 Å². The number of nitrogens with zero attached hydrogens (tertiary/aromatic N) is 2. The maximum absolute atomic E-state index is 11.9. The van der Waals surface area contributed by atoms with Gasteiger partial charge in [0.2, 0.25) is 0 Å². The predicted octanol–water partition coefficient (Wildman–Crippen LogP) is -1.48. The number of imide groups is 1. The Kier molecular flexibility index (Phi) is 5.82. The van der Waals surface area contributed by atoms with Crippen molar-refractivity contribution in [1.29, 1.82) is 0 Å². The van der Waals surface area contributed by atoms with Crippen molar-refractivity contribution < 1.29 is 28.7 Å². The Morgan fingerprint density at radius 2 is 2.00 bits per heavy atom. The second-order valence-electron chi connectivity index (χ2n) is 4.39. The van der Waals surface area contributed by atoms with E-state index < -0.39 is 30.0 Å². The SMILES string of the molecule is CCN1CCN(C(=O)NC(C=O)[C@H](C)OC=O)C(=O)C1=O. The number of aldehydes is 1. The summed E-state index contributed by atoms with van der Waals surface area (Å²) in [6.45, 7) is 3.94. The molecule has 0 aromatic carbocycles. The number of rotatable bonds is 6. The highest BCUT2D eigenvalue weighted by Gasteiger charge is 2.36. The van der Waals surface area contributed by atoms with Gasteiger partial charge in [-0.25, -0.2) is 4.79 Å². The summed E-state index contributed by atoms with van der Waals surface area (Å²) in [5.74, 6) is -1.71. The molecule has 116 valence electrons. The van der Waals surface area contributed by atoms with Crippen LogP contribution in [0.15, 0.2) is 0 Å². The zero-order valence-corrected chi connectivity index (χ0v) is 11.8. The van der Waals surface area contributed by atoms with Gasteiger partial charge in [-0.1, -0.05) is 0 Å². The fourth-order valence-corrected chi connectivity index (χ4v) is 1.82. The molecular formula is C12H17N3O6. The fraction of sp³-hybridized carbons (Fsp3) is 0.583. The lowest BCUT2D eigenvalue weighted by Crippen LogP contribution is -2.60. The van der Waals surface area contributed by atoms with E-state index in [1.54, 1.807) is 6.92 Å². The van der Waals surface area contributed by atoms with Crippen LogP contribution in [0.25, 0.3) is 0 Å². The number of hydrogen-bond acceptors (Lipinski definition) is 6. The summed E-state index contributed by atoms with van der Waals surface area (Å²) in [7, 11) is 0. The first-order chi connectivity index (χ1) is 9.96. The molecule has 0 aliphatic carbocycles. The van der Waals surface area contributed by atoms with Crippen LogP contribution in [0.5, 0.6) is 0 Å². The van der Waals surface area contributed by atoms with Gasteiger partial charge < -0.3 is 19.7 Å². The van der Waals surface area contributed by atoms with Gasteiger partial charge in [-0.05, 0) is 13.8 Å². The van der Waals surface area contributed by atoms with Crippen molar-refractivity contribution in [2.24, 2.45) is 0 Å². The summed E-state index contributed by atoms with van der Waals surface area (Å²) >= 11 is 0. The Bertz CT molecular complexity index is 452. The smallest absolute Gasteiger partial charge is 0.325 e. The zero-order valence-electron chi connectivity index (χ0n) is 11.8. The van der Waals surface area contributed by atoms with Crippen molar-refractivity contribution in [3.05, 3.63) is 0 Å². The molecular weight excluding hydrogens is 282 g/mol. The molecule has 1 aliphatic rings. The molecule has 1 rings (SSSR count). The van der Waals surface area contributed by atoms with Gasteiger partial charge in [-0.15, -0.1) is 0 Å². The van der Waals surface area contributed by atoms with Crippen molar-refractivity contribution in [2.75, 3.05) is 19.6 Å². The molecule has 0 aromatic rings. The van der Waals surface area contributed by atoms with Gasteiger partial charge >= 0.3 is 17.8 Å². The monoisotopic (exact) mass is 299 g/mol. The van der Waals surface area contributed by atoms with Crippen molar-refractivity contribution in [2.45, 2.75) is 26.0 Å². The number of ether oxygens (including phenoxy) is 1. The highest BCUT2D eigenvalue weighted by Crippen LogP contribution is 2.06. The quantitative estimate of drug-likeness (QED) is 0.472. The molecule has 21 heavy (non-hydrogen) atoms. The molecule has 0 radical (unpaired) electrons. The van der Waals surface area contributed by atoms with Crippen molar-refractivity contribution in [1.82, 2.24) is 15.1 Å². The minimum absolute atomic E-state index is 0.0404. The van der Waals surface area contributed by atoms with Crippen LogP contribution in [0.3, 0.4) is 0 Å². The Hall–Kier alpha value is -2.45. The zero-order chi connectivity index (χ0) is 16.0. The lowest BCUT2D eigenvalue weighted by molar-refractivity contribution is -0.153. The predicted molar refractivity (Wildman–Crippen MR) is 69.0 cm³/mol. The first kappa shape index (κ1) is 16.6. The average molecular weight is 299 g/mol. The normalized spacial score (nSPS) is 18.0. The third kappa shape index (κ3) is 3.77. The van der Waals surface area contributed by atoms with E-state index in [4.69, 9.17) is 0 Å². The molecule has 9 heteroatoms. The third-order valence-electron chi connectivity index (χ3n) is 3.15. The van der Waals surface area contributed by atoms with Crippen LogP contribution in [0.2, 0.25) is 0 Å². The van der Waals surface area contributed by atoms with Gasteiger partial charge in [0.25, 0.3) is 6.47 Å².